The van der Waals surface area contributed by atoms with Crippen LogP contribution in [0.1, 0.15) is 24.1 Å². The Bertz CT molecular complexity index is 737. The first-order valence-corrected chi connectivity index (χ1v) is 9.30. The zero-order valence-electron chi connectivity index (χ0n) is 15.3. The number of carbonyl (C=O) groups is 1. The molecule has 0 fully saturated rings. The van der Waals surface area contributed by atoms with Crippen LogP contribution in [0.15, 0.2) is 46.9 Å². The van der Waals surface area contributed by atoms with Crippen LogP contribution in [0.2, 0.25) is 0 Å². The number of hydrogen-bond acceptors (Lipinski definition) is 4. The van der Waals surface area contributed by atoms with Crippen LogP contribution < -0.4 is 20.1 Å². The predicted molar refractivity (Wildman–Crippen MR) is 107 cm³/mol. The molecule has 2 N–H and O–H groups in total. The third-order valence-electron chi connectivity index (χ3n) is 4.15. The fourth-order valence-corrected chi connectivity index (χ4v) is 3.18. The highest BCUT2D eigenvalue weighted by Gasteiger charge is 2.10. The van der Waals surface area contributed by atoms with Gasteiger partial charge in [0, 0.05) is 12.6 Å². The summed E-state index contributed by atoms with van der Waals surface area (Å²) in [6.07, 6.45) is 0.733. The Morgan fingerprint density at radius 1 is 1.12 bits per heavy atom. The van der Waals surface area contributed by atoms with Gasteiger partial charge < -0.3 is 20.1 Å². The van der Waals surface area contributed by atoms with Crippen LogP contribution >= 0.6 is 15.9 Å². The van der Waals surface area contributed by atoms with E-state index in [-0.39, 0.29) is 18.5 Å². The molecule has 26 heavy (non-hydrogen) atoms. The van der Waals surface area contributed by atoms with E-state index in [1.54, 1.807) is 14.2 Å². The number of ether oxygens (including phenoxy) is 2. The molecule has 5 nitrogen and oxygen atoms in total. The Morgan fingerprint density at radius 2 is 1.85 bits per heavy atom. The van der Waals surface area contributed by atoms with Crippen molar-refractivity contribution in [1.82, 2.24) is 10.6 Å². The van der Waals surface area contributed by atoms with Gasteiger partial charge in [0.25, 0.3) is 0 Å². The zero-order valence-corrected chi connectivity index (χ0v) is 16.9. The first-order chi connectivity index (χ1) is 12.5. The molecule has 0 bridgehead atoms. The van der Waals surface area contributed by atoms with Crippen LogP contribution in [-0.4, -0.2) is 33.2 Å². The minimum absolute atomic E-state index is 0.0284. The van der Waals surface area contributed by atoms with Crippen molar-refractivity contribution < 1.29 is 14.3 Å². The lowest BCUT2D eigenvalue weighted by atomic mass is 10.1. The van der Waals surface area contributed by atoms with Crippen LogP contribution in [0.4, 0.5) is 0 Å². The zero-order chi connectivity index (χ0) is 18.9. The lowest BCUT2D eigenvalue weighted by Crippen LogP contribution is -2.36. The summed E-state index contributed by atoms with van der Waals surface area (Å²) in [4.78, 5) is 12.1. The molecule has 0 aromatic heterocycles. The first kappa shape index (κ1) is 20.3. The normalized spacial score (nSPS) is 11.7. The van der Waals surface area contributed by atoms with Crippen LogP contribution in [0.25, 0.3) is 0 Å². The van der Waals surface area contributed by atoms with E-state index in [1.165, 1.54) is 0 Å². The molecule has 0 aliphatic heterocycles. The van der Waals surface area contributed by atoms with Crippen molar-refractivity contribution in [2.75, 3.05) is 27.3 Å². The minimum atomic E-state index is -0.0284. The molecule has 1 amide bonds. The first-order valence-electron chi connectivity index (χ1n) is 8.50. The fraction of sp³-hybridized carbons (Fsp3) is 0.350. The maximum absolute atomic E-state index is 12.1. The van der Waals surface area contributed by atoms with Crippen molar-refractivity contribution in [2.45, 2.75) is 19.4 Å². The second kappa shape index (κ2) is 10.2. The largest absolute Gasteiger partial charge is 0.496 e. The standard InChI is InChI=1S/C20H25BrN2O3/c1-14(16-8-9-19(26-3)17(21)12-16)23-13-20(24)22-11-10-15-6-4-5-7-18(15)25-2/h4-9,12,14,23H,10-11,13H2,1-3H3,(H,22,24)/t14-/m0/s1. The van der Waals surface area contributed by atoms with Gasteiger partial charge in [-0.1, -0.05) is 24.3 Å². The molecule has 2 aromatic rings. The molecule has 0 aliphatic rings. The van der Waals surface area contributed by atoms with Crippen LogP contribution in [0.5, 0.6) is 11.5 Å². The Labute approximate surface area is 163 Å². The highest BCUT2D eigenvalue weighted by molar-refractivity contribution is 9.10. The smallest absolute Gasteiger partial charge is 0.233 e. The Kier molecular flexibility index (Phi) is 7.94. The molecule has 6 heteroatoms. The summed E-state index contributed by atoms with van der Waals surface area (Å²) < 4.78 is 11.4. The van der Waals surface area contributed by atoms with Crippen molar-refractivity contribution in [1.29, 1.82) is 0 Å². The molecule has 2 rings (SSSR count). The number of hydrogen-bond donors (Lipinski definition) is 2. The average Bonchev–Trinajstić information content (AvgIpc) is 2.66. The molecular weight excluding hydrogens is 396 g/mol. The number of para-hydroxylation sites is 1. The van der Waals surface area contributed by atoms with Gasteiger partial charge in [0.2, 0.25) is 5.91 Å². The van der Waals surface area contributed by atoms with E-state index in [9.17, 15) is 4.79 Å². The summed E-state index contributed by atoms with van der Waals surface area (Å²) >= 11 is 3.48. The molecule has 0 heterocycles. The number of methoxy groups -OCH3 is 2. The molecule has 0 aliphatic carbocycles. The van der Waals surface area contributed by atoms with E-state index in [2.05, 4.69) is 26.6 Å². The van der Waals surface area contributed by atoms with E-state index < -0.39 is 0 Å². The predicted octanol–water partition coefficient (Wildman–Crippen LogP) is 3.48. The number of rotatable bonds is 9. The molecule has 0 saturated carbocycles. The molecular formula is C20H25BrN2O3. The van der Waals surface area contributed by atoms with Crippen LogP contribution in [-0.2, 0) is 11.2 Å². The lowest BCUT2D eigenvalue weighted by Gasteiger charge is -2.15. The fourth-order valence-electron chi connectivity index (χ4n) is 2.62. The Hall–Kier alpha value is -2.05. The number of carbonyl (C=O) groups excluding carboxylic acids is 1. The van der Waals surface area contributed by atoms with Gasteiger partial charge in [0.1, 0.15) is 11.5 Å². The highest BCUT2D eigenvalue weighted by Crippen LogP contribution is 2.27. The van der Waals surface area contributed by atoms with Gasteiger partial charge in [-0.2, -0.15) is 0 Å². The second-order valence-electron chi connectivity index (χ2n) is 5.91. The number of nitrogens with one attached hydrogen (secondary N) is 2. The summed E-state index contributed by atoms with van der Waals surface area (Å²) in [5.74, 6) is 1.60. The van der Waals surface area contributed by atoms with E-state index >= 15 is 0 Å². The topological polar surface area (TPSA) is 59.6 Å². The number of halogens is 1. The van der Waals surface area contributed by atoms with Crippen LogP contribution in [0, 0.1) is 0 Å². The maximum atomic E-state index is 12.1. The van der Waals surface area contributed by atoms with Crippen molar-refractivity contribution in [3.05, 3.63) is 58.1 Å². The number of amides is 1. The lowest BCUT2D eigenvalue weighted by molar-refractivity contribution is -0.120. The summed E-state index contributed by atoms with van der Waals surface area (Å²) in [5, 5.41) is 6.17. The van der Waals surface area contributed by atoms with Gasteiger partial charge in [-0.3, -0.25) is 4.79 Å². The Balaban J connectivity index is 1.77. The van der Waals surface area contributed by atoms with Gasteiger partial charge in [0.15, 0.2) is 0 Å². The molecule has 0 unspecified atom stereocenters. The van der Waals surface area contributed by atoms with E-state index in [4.69, 9.17) is 9.47 Å². The third-order valence-corrected chi connectivity index (χ3v) is 4.77. The van der Waals surface area contributed by atoms with Gasteiger partial charge in [0.05, 0.1) is 25.2 Å². The van der Waals surface area contributed by atoms with E-state index in [1.807, 2.05) is 49.4 Å². The summed E-state index contributed by atoms with van der Waals surface area (Å²) in [6.45, 7) is 2.86. The summed E-state index contributed by atoms with van der Waals surface area (Å²) in [7, 11) is 3.29. The van der Waals surface area contributed by atoms with E-state index in [0.717, 1.165) is 33.5 Å². The highest BCUT2D eigenvalue weighted by atomic mass is 79.9. The van der Waals surface area contributed by atoms with Gasteiger partial charge in [-0.25, -0.2) is 0 Å². The molecule has 1 atom stereocenters. The van der Waals surface area contributed by atoms with Crippen molar-refractivity contribution >= 4 is 21.8 Å². The van der Waals surface area contributed by atoms with Gasteiger partial charge >= 0.3 is 0 Å². The van der Waals surface area contributed by atoms with Crippen molar-refractivity contribution in [3.8, 4) is 11.5 Å². The maximum Gasteiger partial charge on any atom is 0.233 e. The SMILES string of the molecule is COc1ccc([C@H](C)NCC(=O)NCCc2ccccc2OC)cc1Br. The van der Waals surface area contributed by atoms with Gasteiger partial charge in [-0.15, -0.1) is 0 Å². The van der Waals surface area contributed by atoms with Crippen molar-refractivity contribution in [3.63, 3.8) is 0 Å². The van der Waals surface area contributed by atoms with Crippen molar-refractivity contribution in [2.24, 2.45) is 0 Å². The molecule has 0 radical (unpaired) electrons. The monoisotopic (exact) mass is 420 g/mol. The third kappa shape index (κ3) is 5.75. The van der Waals surface area contributed by atoms with Gasteiger partial charge in [-0.05, 0) is 58.6 Å². The molecule has 0 saturated heterocycles. The molecule has 0 spiro atoms. The van der Waals surface area contributed by atoms with E-state index in [0.29, 0.717) is 6.54 Å². The summed E-state index contributed by atoms with van der Waals surface area (Å²) in [5.41, 5.74) is 2.17. The molecule has 2 aromatic carbocycles. The second-order valence-corrected chi connectivity index (χ2v) is 6.76. The van der Waals surface area contributed by atoms with Crippen LogP contribution in [0.3, 0.4) is 0 Å². The minimum Gasteiger partial charge on any atom is -0.496 e. The summed E-state index contributed by atoms with van der Waals surface area (Å²) in [6, 6.07) is 13.8. The average molecular weight is 421 g/mol. The Morgan fingerprint density at radius 3 is 2.54 bits per heavy atom. The molecule has 140 valence electrons. The number of benzene rings is 2. The quantitative estimate of drug-likeness (QED) is 0.651.